The van der Waals surface area contributed by atoms with Gasteiger partial charge in [-0.15, -0.1) is 0 Å². The zero-order valence-electron chi connectivity index (χ0n) is 9.14. The molecule has 88 valence electrons. The molecule has 17 heavy (non-hydrogen) atoms. The number of aromatic amines is 1. The van der Waals surface area contributed by atoms with Crippen molar-refractivity contribution in [1.82, 2.24) is 19.9 Å². The normalized spacial score (nSPS) is 10.4. The zero-order chi connectivity index (χ0) is 12.3. The Morgan fingerprint density at radius 1 is 1.41 bits per heavy atom. The Kier molecular flexibility index (Phi) is 3.08. The van der Waals surface area contributed by atoms with E-state index in [0.717, 1.165) is 0 Å². The van der Waals surface area contributed by atoms with E-state index < -0.39 is 0 Å². The van der Waals surface area contributed by atoms with Crippen molar-refractivity contribution in [3.8, 4) is 0 Å². The molecule has 2 heterocycles. The first-order valence-electron chi connectivity index (χ1n) is 5.00. The molecule has 0 saturated carbocycles. The van der Waals surface area contributed by atoms with Gasteiger partial charge in [-0.25, -0.2) is 15.0 Å². The summed E-state index contributed by atoms with van der Waals surface area (Å²) in [5.41, 5.74) is 0.138. The SMILES string of the molecule is CC(=O)OCCc1nc2nccnc2c(=O)[nH]1. The van der Waals surface area contributed by atoms with Crippen molar-refractivity contribution in [2.24, 2.45) is 0 Å². The highest BCUT2D eigenvalue weighted by Crippen LogP contribution is 1.99. The van der Waals surface area contributed by atoms with E-state index in [4.69, 9.17) is 4.74 Å². The summed E-state index contributed by atoms with van der Waals surface area (Å²) in [5, 5.41) is 0. The highest BCUT2D eigenvalue weighted by atomic mass is 16.5. The Morgan fingerprint density at radius 3 is 2.94 bits per heavy atom. The van der Waals surface area contributed by atoms with Crippen LogP contribution in [0.3, 0.4) is 0 Å². The first-order chi connectivity index (χ1) is 8.16. The van der Waals surface area contributed by atoms with Gasteiger partial charge in [0.05, 0.1) is 6.61 Å². The van der Waals surface area contributed by atoms with E-state index in [0.29, 0.717) is 12.2 Å². The summed E-state index contributed by atoms with van der Waals surface area (Å²) in [5.74, 6) is 0.0529. The topological polar surface area (TPSA) is 97.8 Å². The van der Waals surface area contributed by atoms with Crippen molar-refractivity contribution in [2.45, 2.75) is 13.3 Å². The fraction of sp³-hybridized carbons (Fsp3) is 0.300. The van der Waals surface area contributed by atoms with Crippen molar-refractivity contribution in [2.75, 3.05) is 6.61 Å². The van der Waals surface area contributed by atoms with Gasteiger partial charge < -0.3 is 9.72 Å². The standard InChI is InChI=1S/C10H10N4O3/c1-6(15)17-5-2-7-13-9-8(10(16)14-7)11-3-4-12-9/h3-4H,2,5H2,1H3,(H,12,13,14,16). The van der Waals surface area contributed by atoms with Gasteiger partial charge in [0.1, 0.15) is 5.82 Å². The molecule has 0 aliphatic rings. The summed E-state index contributed by atoms with van der Waals surface area (Å²) in [6, 6.07) is 0. The molecule has 0 amide bonds. The van der Waals surface area contributed by atoms with Crippen LogP contribution in [0.4, 0.5) is 0 Å². The summed E-state index contributed by atoms with van der Waals surface area (Å²) >= 11 is 0. The molecule has 0 bridgehead atoms. The van der Waals surface area contributed by atoms with E-state index >= 15 is 0 Å². The number of nitrogens with zero attached hydrogens (tertiary/aromatic N) is 3. The van der Waals surface area contributed by atoms with E-state index in [1.807, 2.05) is 0 Å². The maximum atomic E-state index is 11.6. The largest absolute Gasteiger partial charge is 0.465 e. The molecule has 1 N–H and O–H groups in total. The van der Waals surface area contributed by atoms with Crippen molar-refractivity contribution in [3.05, 3.63) is 28.6 Å². The quantitative estimate of drug-likeness (QED) is 0.740. The molecule has 0 aromatic carbocycles. The molecule has 2 aromatic heterocycles. The average Bonchev–Trinajstić information content (AvgIpc) is 2.28. The lowest BCUT2D eigenvalue weighted by molar-refractivity contribution is -0.140. The third kappa shape index (κ3) is 2.63. The predicted octanol–water partition coefficient (Wildman–Crippen LogP) is -0.181. The molecule has 2 rings (SSSR count). The van der Waals surface area contributed by atoms with Gasteiger partial charge in [-0.1, -0.05) is 0 Å². The molecular weight excluding hydrogens is 224 g/mol. The number of carbonyl (C=O) groups excluding carboxylic acids is 1. The third-order valence-corrected chi connectivity index (χ3v) is 2.04. The van der Waals surface area contributed by atoms with Gasteiger partial charge in [0.2, 0.25) is 0 Å². The Morgan fingerprint density at radius 2 is 2.18 bits per heavy atom. The Bertz CT molecular complexity index is 608. The lowest BCUT2D eigenvalue weighted by Crippen LogP contribution is -2.15. The minimum absolute atomic E-state index is 0.171. The van der Waals surface area contributed by atoms with Crippen LogP contribution in [-0.2, 0) is 16.0 Å². The smallest absolute Gasteiger partial charge is 0.302 e. The molecule has 0 aliphatic heterocycles. The van der Waals surface area contributed by atoms with Gasteiger partial charge in [0, 0.05) is 25.7 Å². The molecule has 0 atom stereocenters. The fourth-order valence-electron chi connectivity index (χ4n) is 1.33. The lowest BCUT2D eigenvalue weighted by Gasteiger charge is -2.02. The number of nitrogens with one attached hydrogen (secondary N) is 1. The third-order valence-electron chi connectivity index (χ3n) is 2.04. The molecule has 7 heteroatoms. The summed E-state index contributed by atoms with van der Waals surface area (Å²) in [6.07, 6.45) is 3.23. The van der Waals surface area contributed by atoms with E-state index in [1.54, 1.807) is 0 Å². The van der Waals surface area contributed by atoms with Crippen LogP contribution >= 0.6 is 0 Å². The number of carbonyl (C=O) groups is 1. The molecule has 0 fully saturated rings. The second-order valence-corrected chi connectivity index (χ2v) is 3.33. The summed E-state index contributed by atoms with van der Waals surface area (Å²) in [6.45, 7) is 1.49. The molecule has 0 spiro atoms. The Labute approximate surface area is 95.9 Å². The van der Waals surface area contributed by atoms with Crippen molar-refractivity contribution in [3.63, 3.8) is 0 Å². The van der Waals surface area contributed by atoms with Crippen LogP contribution in [0.15, 0.2) is 17.2 Å². The van der Waals surface area contributed by atoms with Gasteiger partial charge in [0.15, 0.2) is 11.2 Å². The van der Waals surface area contributed by atoms with Gasteiger partial charge >= 0.3 is 5.97 Å². The Hall–Kier alpha value is -2.31. The number of aromatic nitrogens is 4. The van der Waals surface area contributed by atoms with E-state index in [9.17, 15) is 9.59 Å². The van der Waals surface area contributed by atoms with Crippen LogP contribution in [0.25, 0.3) is 11.2 Å². The van der Waals surface area contributed by atoms with Crippen molar-refractivity contribution in [1.29, 1.82) is 0 Å². The minimum atomic E-state index is -0.368. The number of hydrogen-bond acceptors (Lipinski definition) is 6. The van der Waals surface area contributed by atoms with Crippen LogP contribution in [0, 0.1) is 0 Å². The fourth-order valence-corrected chi connectivity index (χ4v) is 1.33. The number of hydrogen-bond donors (Lipinski definition) is 1. The molecular formula is C10H10N4O3. The lowest BCUT2D eigenvalue weighted by atomic mass is 10.4. The zero-order valence-corrected chi connectivity index (χ0v) is 9.14. The molecule has 2 aromatic rings. The van der Waals surface area contributed by atoms with Crippen molar-refractivity contribution >= 4 is 17.1 Å². The molecule has 0 radical (unpaired) electrons. The maximum Gasteiger partial charge on any atom is 0.302 e. The second kappa shape index (κ2) is 4.69. The van der Waals surface area contributed by atoms with Gasteiger partial charge in [-0.05, 0) is 0 Å². The van der Waals surface area contributed by atoms with E-state index in [-0.39, 0.29) is 29.3 Å². The average molecular weight is 234 g/mol. The molecule has 0 unspecified atom stereocenters. The number of ether oxygens (including phenoxy) is 1. The minimum Gasteiger partial charge on any atom is -0.465 e. The number of fused-ring (bicyclic) bond motifs is 1. The van der Waals surface area contributed by atoms with E-state index in [1.165, 1.54) is 19.3 Å². The Balaban J connectivity index is 2.25. The van der Waals surface area contributed by atoms with Crippen LogP contribution in [0.5, 0.6) is 0 Å². The highest BCUT2D eigenvalue weighted by molar-refractivity contribution is 5.67. The van der Waals surface area contributed by atoms with Crippen LogP contribution in [0.2, 0.25) is 0 Å². The van der Waals surface area contributed by atoms with E-state index in [2.05, 4.69) is 19.9 Å². The summed E-state index contributed by atoms with van der Waals surface area (Å²) in [7, 11) is 0. The molecule has 7 nitrogen and oxygen atoms in total. The number of esters is 1. The van der Waals surface area contributed by atoms with Crippen molar-refractivity contribution < 1.29 is 9.53 Å². The monoisotopic (exact) mass is 234 g/mol. The molecule has 0 aliphatic carbocycles. The highest BCUT2D eigenvalue weighted by Gasteiger charge is 2.05. The summed E-state index contributed by atoms with van der Waals surface area (Å²) in [4.78, 5) is 36.7. The number of H-pyrrole nitrogens is 1. The van der Waals surface area contributed by atoms with Gasteiger partial charge in [-0.3, -0.25) is 9.59 Å². The molecule has 0 saturated heterocycles. The van der Waals surface area contributed by atoms with Gasteiger partial charge in [0.25, 0.3) is 5.56 Å². The second-order valence-electron chi connectivity index (χ2n) is 3.33. The summed E-state index contributed by atoms with van der Waals surface area (Å²) < 4.78 is 4.76. The van der Waals surface area contributed by atoms with Gasteiger partial charge in [-0.2, -0.15) is 0 Å². The first kappa shape index (κ1) is 11.2. The number of rotatable bonds is 3. The first-order valence-corrected chi connectivity index (χ1v) is 5.00. The van der Waals surface area contributed by atoms with Crippen LogP contribution in [-0.4, -0.2) is 32.5 Å². The van der Waals surface area contributed by atoms with Crippen LogP contribution in [0.1, 0.15) is 12.7 Å². The van der Waals surface area contributed by atoms with Crippen LogP contribution < -0.4 is 5.56 Å². The predicted molar refractivity (Wildman–Crippen MR) is 58.3 cm³/mol. The maximum absolute atomic E-state index is 11.6.